The molecular formula is C13H24O2. The van der Waals surface area contributed by atoms with E-state index in [0.29, 0.717) is 12.3 Å². The van der Waals surface area contributed by atoms with Crippen LogP contribution in [-0.4, -0.2) is 21.9 Å². The van der Waals surface area contributed by atoms with Crippen molar-refractivity contribution in [3.8, 4) is 0 Å². The number of hydrogen-bond donors (Lipinski definition) is 2. The second kappa shape index (κ2) is 5.13. The molecule has 2 heteroatoms. The molecule has 0 spiro atoms. The maximum atomic E-state index is 10.3. The van der Waals surface area contributed by atoms with Crippen LogP contribution in [0.4, 0.5) is 0 Å². The van der Waals surface area contributed by atoms with Gasteiger partial charge in [0.05, 0.1) is 11.7 Å². The summed E-state index contributed by atoms with van der Waals surface area (Å²) in [5, 5.41) is 20.3. The molecule has 0 heterocycles. The molecule has 1 saturated carbocycles. The second-order valence-electron chi connectivity index (χ2n) is 5.30. The molecular weight excluding hydrogens is 188 g/mol. The Morgan fingerprint density at radius 1 is 1.47 bits per heavy atom. The molecule has 0 saturated heterocycles. The van der Waals surface area contributed by atoms with Crippen LogP contribution in [0.15, 0.2) is 12.2 Å². The summed E-state index contributed by atoms with van der Waals surface area (Å²) in [5.74, 6) is 0.693. The van der Waals surface area contributed by atoms with Gasteiger partial charge in [0.1, 0.15) is 0 Å². The third kappa shape index (κ3) is 3.62. The van der Waals surface area contributed by atoms with E-state index in [1.54, 1.807) is 0 Å². The zero-order chi connectivity index (χ0) is 11.5. The van der Waals surface area contributed by atoms with Gasteiger partial charge >= 0.3 is 0 Å². The second-order valence-corrected chi connectivity index (χ2v) is 5.30. The van der Waals surface area contributed by atoms with E-state index in [0.717, 1.165) is 37.7 Å². The smallest absolute Gasteiger partial charge is 0.0905 e. The maximum Gasteiger partial charge on any atom is 0.0905 e. The Morgan fingerprint density at radius 3 is 2.47 bits per heavy atom. The summed E-state index contributed by atoms with van der Waals surface area (Å²) in [6.07, 6.45) is 4.40. The summed E-state index contributed by atoms with van der Waals surface area (Å²) in [4.78, 5) is 0. The van der Waals surface area contributed by atoms with E-state index in [9.17, 15) is 10.2 Å². The van der Waals surface area contributed by atoms with E-state index >= 15 is 0 Å². The van der Waals surface area contributed by atoms with Gasteiger partial charge in [0, 0.05) is 0 Å². The van der Waals surface area contributed by atoms with Gasteiger partial charge in [-0.2, -0.15) is 0 Å². The molecule has 1 aliphatic carbocycles. The van der Waals surface area contributed by atoms with Crippen LogP contribution in [0.1, 0.15) is 52.4 Å². The van der Waals surface area contributed by atoms with E-state index in [-0.39, 0.29) is 0 Å². The fourth-order valence-electron chi connectivity index (χ4n) is 2.25. The summed E-state index contributed by atoms with van der Waals surface area (Å²) < 4.78 is 0. The molecule has 88 valence electrons. The lowest BCUT2D eigenvalue weighted by Gasteiger charge is -2.38. The van der Waals surface area contributed by atoms with Gasteiger partial charge in [0.25, 0.3) is 0 Å². The quantitative estimate of drug-likeness (QED) is 0.703. The molecule has 0 aromatic rings. The minimum atomic E-state index is -0.831. The highest BCUT2D eigenvalue weighted by Crippen LogP contribution is 2.35. The third-order valence-electron chi connectivity index (χ3n) is 3.60. The zero-order valence-corrected chi connectivity index (χ0v) is 10.00. The standard InChI is InChI=1S/C13H24O2/c1-10(2)4-5-12(14)13(15)8-6-11(3)7-9-13/h11-12,14-15H,1,4-9H2,2-3H3. The zero-order valence-electron chi connectivity index (χ0n) is 10.00. The van der Waals surface area contributed by atoms with Gasteiger partial charge in [-0.3, -0.25) is 0 Å². The van der Waals surface area contributed by atoms with Crippen molar-refractivity contribution in [2.24, 2.45) is 5.92 Å². The van der Waals surface area contributed by atoms with Crippen molar-refractivity contribution in [3.05, 3.63) is 12.2 Å². The highest BCUT2D eigenvalue weighted by Gasteiger charge is 2.37. The van der Waals surface area contributed by atoms with Crippen LogP contribution in [0, 0.1) is 5.92 Å². The summed E-state index contributed by atoms with van der Waals surface area (Å²) in [6, 6.07) is 0. The Bertz CT molecular complexity index is 215. The van der Waals surface area contributed by atoms with Crippen LogP contribution in [-0.2, 0) is 0 Å². The van der Waals surface area contributed by atoms with E-state index in [2.05, 4.69) is 13.5 Å². The minimum absolute atomic E-state index is 0.582. The molecule has 1 rings (SSSR count). The first-order chi connectivity index (χ1) is 6.94. The van der Waals surface area contributed by atoms with Crippen molar-refractivity contribution in [1.82, 2.24) is 0 Å². The Balaban J connectivity index is 2.43. The van der Waals surface area contributed by atoms with Crippen molar-refractivity contribution in [2.75, 3.05) is 0 Å². The van der Waals surface area contributed by atoms with E-state index in [1.807, 2.05) is 6.92 Å². The first-order valence-corrected chi connectivity index (χ1v) is 5.99. The predicted octanol–water partition coefficient (Wildman–Crippen LogP) is 2.64. The van der Waals surface area contributed by atoms with E-state index < -0.39 is 11.7 Å². The lowest BCUT2D eigenvalue weighted by molar-refractivity contribution is -0.105. The van der Waals surface area contributed by atoms with Crippen LogP contribution in [0.3, 0.4) is 0 Å². The molecule has 2 nitrogen and oxygen atoms in total. The molecule has 1 aliphatic rings. The SMILES string of the molecule is C=C(C)CCC(O)C1(O)CCC(C)CC1. The molecule has 2 N–H and O–H groups in total. The lowest BCUT2D eigenvalue weighted by atomic mass is 9.75. The third-order valence-corrected chi connectivity index (χ3v) is 3.60. The van der Waals surface area contributed by atoms with Crippen molar-refractivity contribution >= 4 is 0 Å². The number of aliphatic hydroxyl groups is 2. The number of allylic oxidation sites excluding steroid dienone is 1. The van der Waals surface area contributed by atoms with Gasteiger partial charge in [-0.05, 0) is 51.4 Å². The van der Waals surface area contributed by atoms with E-state index in [1.165, 1.54) is 0 Å². The largest absolute Gasteiger partial charge is 0.390 e. The van der Waals surface area contributed by atoms with Crippen molar-refractivity contribution < 1.29 is 10.2 Å². The molecule has 1 fully saturated rings. The summed E-state index contributed by atoms with van der Waals surface area (Å²) in [6.45, 7) is 7.98. The summed E-state index contributed by atoms with van der Waals surface area (Å²) in [7, 11) is 0. The van der Waals surface area contributed by atoms with Gasteiger partial charge in [-0.25, -0.2) is 0 Å². The normalized spacial score (nSPS) is 33.7. The molecule has 15 heavy (non-hydrogen) atoms. The molecule has 0 amide bonds. The first-order valence-electron chi connectivity index (χ1n) is 5.99. The highest BCUT2D eigenvalue weighted by molar-refractivity contribution is 4.94. The fourth-order valence-corrected chi connectivity index (χ4v) is 2.25. The predicted molar refractivity (Wildman–Crippen MR) is 62.6 cm³/mol. The Hall–Kier alpha value is -0.340. The lowest BCUT2D eigenvalue weighted by Crippen LogP contribution is -2.45. The average molecular weight is 212 g/mol. The van der Waals surface area contributed by atoms with Crippen molar-refractivity contribution in [2.45, 2.75) is 64.1 Å². The van der Waals surface area contributed by atoms with Crippen LogP contribution >= 0.6 is 0 Å². The summed E-state index contributed by atoms with van der Waals surface area (Å²) >= 11 is 0. The van der Waals surface area contributed by atoms with Crippen molar-refractivity contribution in [3.63, 3.8) is 0 Å². The van der Waals surface area contributed by atoms with Crippen LogP contribution in [0.5, 0.6) is 0 Å². The Morgan fingerprint density at radius 2 is 2.00 bits per heavy atom. The molecule has 0 aliphatic heterocycles. The Labute approximate surface area is 93.0 Å². The Kier molecular flexibility index (Phi) is 4.35. The fraction of sp³-hybridized carbons (Fsp3) is 0.846. The average Bonchev–Trinajstić information content (AvgIpc) is 2.19. The van der Waals surface area contributed by atoms with Gasteiger partial charge in [-0.15, -0.1) is 6.58 Å². The van der Waals surface area contributed by atoms with Gasteiger partial charge in [-0.1, -0.05) is 12.5 Å². The minimum Gasteiger partial charge on any atom is -0.390 e. The molecule has 0 radical (unpaired) electrons. The van der Waals surface area contributed by atoms with Crippen LogP contribution in [0.2, 0.25) is 0 Å². The van der Waals surface area contributed by atoms with Gasteiger partial charge in [0.15, 0.2) is 0 Å². The van der Waals surface area contributed by atoms with Gasteiger partial charge < -0.3 is 10.2 Å². The number of hydrogen-bond acceptors (Lipinski definition) is 2. The maximum absolute atomic E-state index is 10.3. The van der Waals surface area contributed by atoms with Crippen LogP contribution < -0.4 is 0 Å². The molecule has 0 aromatic heterocycles. The highest BCUT2D eigenvalue weighted by atomic mass is 16.3. The number of aliphatic hydroxyl groups excluding tert-OH is 1. The molecule has 1 atom stereocenters. The molecule has 0 bridgehead atoms. The topological polar surface area (TPSA) is 40.5 Å². The first kappa shape index (κ1) is 12.7. The molecule has 0 aromatic carbocycles. The summed E-state index contributed by atoms with van der Waals surface area (Å²) in [5.41, 5.74) is 0.240. The van der Waals surface area contributed by atoms with Gasteiger partial charge in [0.2, 0.25) is 0 Å². The van der Waals surface area contributed by atoms with Crippen LogP contribution in [0.25, 0.3) is 0 Å². The monoisotopic (exact) mass is 212 g/mol. The van der Waals surface area contributed by atoms with Crippen molar-refractivity contribution in [1.29, 1.82) is 0 Å². The molecule has 1 unspecified atom stereocenters. The number of rotatable bonds is 4. The van der Waals surface area contributed by atoms with E-state index in [4.69, 9.17) is 0 Å².